The molecule has 27 heavy (non-hydrogen) atoms. The number of rotatable bonds is 5. The zero-order valence-electron chi connectivity index (χ0n) is 15.8. The third-order valence-corrected chi connectivity index (χ3v) is 4.71. The van der Waals surface area contributed by atoms with Crippen LogP contribution in [0.5, 0.6) is 28.9 Å². The Morgan fingerprint density at radius 3 is 1.70 bits per heavy atom. The van der Waals surface area contributed by atoms with Crippen LogP contribution in [0.15, 0.2) is 24.3 Å². The molecule has 0 unspecified atom stereocenters. The fraction of sp³-hybridized carbons (Fsp3) is 0.250. The van der Waals surface area contributed by atoms with E-state index >= 15 is 0 Å². The van der Waals surface area contributed by atoms with E-state index < -0.39 is 0 Å². The lowest BCUT2D eigenvalue weighted by Crippen LogP contribution is -1.94. The summed E-state index contributed by atoms with van der Waals surface area (Å²) in [7, 11) is 8.03. The minimum absolute atomic E-state index is 0.508. The predicted octanol–water partition coefficient (Wildman–Crippen LogP) is 3.91. The number of aromatic nitrogens is 2. The van der Waals surface area contributed by atoms with Crippen LogP contribution >= 0.6 is 0 Å². The van der Waals surface area contributed by atoms with E-state index in [9.17, 15) is 0 Å². The van der Waals surface area contributed by atoms with Crippen molar-refractivity contribution in [2.45, 2.75) is 0 Å². The minimum Gasteiger partial charge on any atom is -0.493 e. The zero-order chi connectivity index (χ0) is 19.1. The van der Waals surface area contributed by atoms with Gasteiger partial charge in [0.25, 0.3) is 0 Å². The molecule has 4 rings (SSSR count). The largest absolute Gasteiger partial charge is 0.493 e. The normalized spacial score (nSPS) is 11.1. The Morgan fingerprint density at radius 2 is 1.15 bits per heavy atom. The summed E-state index contributed by atoms with van der Waals surface area (Å²) in [6.45, 7) is 0. The summed E-state index contributed by atoms with van der Waals surface area (Å²) in [5.74, 6) is 3.04. The molecule has 2 aromatic heterocycles. The van der Waals surface area contributed by atoms with Crippen LogP contribution in [-0.4, -0.2) is 45.5 Å². The molecule has 0 aliphatic carbocycles. The van der Waals surface area contributed by atoms with Gasteiger partial charge in [-0.05, 0) is 18.2 Å². The van der Waals surface area contributed by atoms with Gasteiger partial charge in [0, 0.05) is 16.8 Å². The van der Waals surface area contributed by atoms with Crippen LogP contribution in [0.25, 0.3) is 32.7 Å². The lowest BCUT2D eigenvalue weighted by atomic mass is 10.1. The summed E-state index contributed by atoms with van der Waals surface area (Å²) in [5, 5.41) is 2.66. The molecule has 2 aromatic carbocycles. The minimum atomic E-state index is 0.508. The topological polar surface area (TPSA) is 74.8 Å². The molecule has 2 heterocycles. The lowest BCUT2D eigenvalue weighted by molar-refractivity contribution is 0.355. The van der Waals surface area contributed by atoms with E-state index in [4.69, 9.17) is 28.7 Å². The first-order valence-corrected chi connectivity index (χ1v) is 8.32. The summed E-state index contributed by atoms with van der Waals surface area (Å²) < 4.78 is 27.3. The van der Waals surface area contributed by atoms with E-state index in [-0.39, 0.29) is 0 Å². The van der Waals surface area contributed by atoms with Crippen molar-refractivity contribution in [3.05, 3.63) is 24.3 Å². The Morgan fingerprint density at radius 1 is 0.630 bits per heavy atom. The van der Waals surface area contributed by atoms with Gasteiger partial charge in [-0.2, -0.15) is 0 Å². The molecule has 0 saturated heterocycles. The highest BCUT2D eigenvalue weighted by molar-refractivity contribution is 6.17. The third kappa shape index (κ3) is 2.46. The van der Waals surface area contributed by atoms with E-state index in [1.807, 2.05) is 24.3 Å². The predicted molar refractivity (Wildman–Crippen MR) is 104 cm³/mol. The van der Waals surface area contributed by atoms with Crippen LogP contribution in [0.1, 0.15) is 0 Å². The number of fused-ring (bicyclic) bond motifs is 5. The first-order valence-electron chi connectivity index (χ1n) is 8.32. The van der Waals surface area contributed by atoms with Crippen molar-refractivity contribution in [1.29, 1.82) is 0 Å². The van der Waals surface area contributed by atoms with Crippen LogP contribution in [0.3, 0.4) is 0 Å². The number of hydrogen-bond donors (Lipinski definition) is 1. The average Bonchev–Trinajstić information content (AvgIpc) is 3.08. The van der Waals surface area contributed by atoms with Crippen molar-refractivity contribution in [3.8, 4) is 28.9 Å². The van der Waals surface area contributed by atoms with Crippen molar-refractivity contribution in [2.75, 3.05) is 35.5 Å². The maximum atomic E-state index is 5.55. The molecule has 0 bridgehead atoms. The standard InChI is InChI=1S/C20H20N2O5/c1-23-14-6-10-11(7-15(14)24-2)20(27-5)22-19-12-8-16(25-3)17(26-4)9-13(12)21-18(10)19/h6-9,21H,1-5H3. The Kier molecular flexibility index (Phi) is 4.07. The first kappa shape index (κ1) is 17.1. The van der Waals surface area contributed by atoms with Crippen LogP contribution in [0, 0.1) is 0 Å². The van der Waals surface area contributed by atoms with Gasteiger partial charge < -0.3 is 28.7 Å². The van der Waals surface area contributed by atoms with Crippen molar-refractivity contribution in [2.24, 2.45) is 0 Å². The maximum Gasteiger partial charge on any atom is 0.221 e. The van der Waals surface area contributed by atoms with E-state index in [2.05, 4.69) is 4.98 Å². The molecule has 0 fully saturated rings. The zero-order valence-corrected chi connectivity index (χ0v) is 15.8. The molecule has 0 radical (unpaired) electrons. The molecule has 0 saturated carbocycles. The summed E-state index contributed by atoms with van der Waals surface area (Å²) in [4.78, 5) is 8.16. The summed E-state index contributed by atoms with van der Waals surface area (Å²) in [6.07, 6.45) is 0. The van der Waals surface area contributed by atoms with E-state index in [1.54, 1.807) is 35.5 Å². The lowest BCUT2D eigenvalue weighted by Gasteiger charge is -2.11. The number of pyridine rings is 1. The Hall–Kier alpha value is -3.35. The molecule has 1 N–H and O–H groups in total. The number of benzene rings is 2. The van der Waals surface area contributed by atoms with Crippen molar-refractivity contribution in [3.63, 3.8) is 0 Å². The van der Waals surface area contributed by atoms with Gasteiger partial charge in [0.2, 0.25) is 5.88 Å². The highest BCUT2D eigenvalue weighted by Crippen LogP contribution is 2.42. The van der Waals surface area contributed by atoms with E-state index in [0.717, 1.165) is 32.7 Å². The summed E-state index contributed by atoms with van der Waals surface area (Å²) in [6, 6.07) is 7.59. The molecule has 0 spiro atoms. The number of nitrogens with one attached hydrogen (secondary N) is 1. The van der Waals surface area contributed by atoms with Gasteiger partial charge in [-0.3, -0.25) is 0 Å². The monoisotopic (exact) mass is 368 g/mol. The van der Waals surface area contributed by atoms with Gasteiger partial charge in [-0.15, -0.1) is 0 Å². The number of methoxy groups -OCH3 is 5. The van der Waals surface area contributed by atoms with E-state index in [0.29, 0.717) is 28.9 Å². The summed E-state index contributed by atoms with van der Waals surface area (Å²) in [5.41, 5.74) is 2.54. The average molecular weight is 368 g/mol. The van der Waals surface area contributed by atoms with Gasteiger partial charge in [0.05, 0.1) is 52.0 Å². The Bertz CT molecular complexity index is 1170. The highest BCUT2D eigenvalue weighted by Gasteiger charge is 2.19. The second-order valence-corrected chi connectivity index (χ2v) is 5.98. The second-order valence-electron chi connectivity index (χ2n) is 5.98. The number of hydrogen-bond acceptors (Lipinski definition) is 6. The van der Waals surface area contributed by atoms with Gasteiger partial charge >= 0.3 is 0 Å². The molecule has 0 atom stereocenters. The molecule has 4 aromatic rings. The third-order valence-electron chi connectivity index (χ3n) is 4.71. The van der Waals surface area contributed by atoms with Crippen molar-refractivity contribution in [1.82, 2.24) is 9.97 Å². The quantitative estimate of drug-likeness (QED) is 0.576. The van der Waals surface area contributed by atoms with Crippen molar-refractivity contribution < 1.29 is 23.7 Å². The highest BCUT2D eigenvalue weighted by atomic mass is 16.5. The van der Waals surface area contributed by atoms with Gasteiger partial charge in [-0.25, -0.2) is 4.98 Å². The number of aromatic amines is 1. The number of ether oxygens (including phenoxy) is 5. The second kappa shape index (κ2) is 6.42. The van der Waals surface area contributed by atoms with E-state index in [1.165, 1.54) is 0 Å². The smallest absolute Gasteiger partial charge is 0.221 e. The Labute approximate surface area is 155 Å². The fourth-order valence-electron chi connectivity index (χ4n) is 3.40. The SMILES string of the molecule is COc1cc2[nH]c3c4cc(OC)c(OC)cc4c(OC)nc3c2cc1OC. The molecular weight excluding hydrogens is 348 g/mol. The fourth-order valence-corrected chi connectivity index (χ4v) is 3.40. The van der Waals surface area contributed by atoms with Gasteiger partial charge in [-0.1, -0.05) is 0 Å². The molecule has 140 valence electrons. The van der Waals surface area contributed by atoms with Crippen LogP contribution in [0.4, 0.5) is 0 Å². The summed E-state index contributed by atoms with van der Waals surface area (Å²) >= 11 is 0. The Balaban J connectivity index is 2.16. The van der Waals surface area contributed by atoms with Crippen molar-refractivity contribution >= 4 is 32.7 Å². The first-order chi connectivity index (χ1) is 13.1. The van der Waals surface area contributed by atoms with Gasteiger partial charge in [0.15, 0.2) is 23.0 Å². The molecular formula is C20H20N2O5. The molecule has 0 aliphatic rings. The number of nitrogens with zero attached hydrogens (tertiary/aromatic N) is 1. The molecule has 7 heteroatoms. The number of H-pyrrole nitrogens is 1. The molecule has 0 aliphatic heterocycles. The van der Waals surface area contributed by atoms with Crippen LogP contribution in [-0.2, 0) is 0 Å². The van der Waals surface area contributed by atoms with Gasteiger partial charge in [0.1, 0.15) is 5.52 Å². The molecule has 7 nitrogen and oxygen atoms in total. The maximum absolute atomic E-state index is 5.55. The van der Waals surface area contributed by atoms with Crippen LogP contribution < -0.4 is 23.7 Å². The van der Waals surface area contributed by atoms with Crippen LogP contribution in [0.2, 0.25) is 0 Å². The molecule has 0 amide bonds.